The molecule has 9 heteroatoms. The minimum atomic E-state index is -0.569. The third-order valence-electron chi connectivity index (χ3n) is 2.71. The van der Waals surface area contributed by atoms with E-state index in [-0.39, 0.29) is 11.6 Å². The van der Waals surface area contributed by atoms with Crippen LogP contribution < -0.4 is 10.9 Å². The molecule has 0 aliphatic rings. The lowest BCUT2D eigenvalue weighted by molar-refractivity contribution is -0.141. The van der Waals surface area contributed by atoms with Crippen molar-refractivity contribution in [2.75, 3.05) is 19.0 Å². The van der Waals surface area contributed by atoms with Gasteiger partial charge in [0.15, 0.2) is 0 Å². The molecule has 0 spiro atoms. The number of carbonyl (C=O) groups is 1. The zero-order valence-corrected chi connectivity index (χ0v) is 12.1. The molecule has 0 amide bonds. The number of hydrogen-bond donors (Lipinski definition) is 1. The van der Waals surface area contributed by atoms with Gasteiger partial charge in [-0.25, -0.2) is 4.68 Å². The van der Waals surface area contributed by atoms with Crippen LogP contribution in [0.15, 0.2) is 29.5 Å². The van der Waals surface area contributed by atoms with Crippen LogP contribution in [0.2, 0.25) is 5.02 Å². The zero-order valence-electron chi connectivity index (χ0n) is 11.3. The highest BCUT2D eigenvalue weighted by Gasteiger charge is 2.11. The van der Waals surface area contributed by atoms with E-state index in [4.69, 9.17) is 11.6 Å². The number of rotatable bonds is 6. The second-order valence-corrected chi connectivity index (χ2v) is 4.49. The number of halogens is 1. The molecule has 2 aromatic rings. The highest BCUT2D eigenvalue weighted by molar-refractivity contribution is 6.32. The number of ether oxygens (including phenoxy) is 1. The Kier molecular flexibility index (Phi) is 4.94. The number of nitrogens with zero attached hydrogens (tertiary/aromatic N) is 4. The van der Waals surface area contributed by atoms with Gasteiger partial charge in [0.05, 0.1) is 25.5 Å². The molecular weight excluding hydrogens is 298 g/mol. The standard InChI is InChI=1S/C12H14ClN5O3/c1-21-10(19)8-18-12(20)11(13)9(7-16-18)14-4-6-17-5-2-3-15-17/h2-3,5,7,14H,4,6,8H2,1H3. The number of anilines is 1. The van der Waals surface area contributed by atoms with Gasteiger partial charge in [0.2, 0.25) is 0 Å². The molecule has 2 rings (SSSR count). The zero-order chi connectivity index (χ0) is 15.2. The minimum absolute atomic E-state index is 0.0191. The van der Waals surface area contributed by atoms with Gasteiger partial charge in [-0.1, -0.05) is 11.6 Å². The first-order valence-corrected chi connectivity index (χ1v) is 6.53. The Morgan fingerprint density at radius 2 is 2.29 bits per heavy atom. The van der Waals surface area contributed by atoms with Crippen LogP contribution >= 0.6 is 11.6 Å². The summed E-state index contributed by atoms with van der Waals surface area (Å²) >= 11 is 5.98. The fourth-order valence-electron chi connectivity index (χ4n) is 1.63. The predicted molar refractivity (Wildman–Crippen MR) is 76.2 cm³/mol. The maximum absolute atomic E-state index is 11.9. The van der Waals surface area contributed by atoms with Gasteiger partial charge in [0.1, 0.15) is 11.6 Å². The van der Waals surface area contributed by atoms with Crippen LogP contribution in [0.4, 0.5) is 5.69 Å². The van der Waals surface area contributed by atoms with Crippen molar-refractivity contribution in [1.82, 2.24) is 19.6 Å². The van der Waals surface area contributed by atoms with Crippen molar-refractivity contribution >= 4 is 23.3 Å². The number of esters is 1. The lowest BCUT2D eigenvalue weighted by Crippen LogP contribution is -2.28. The highest BCUT2D eigenvalue weighted by atomic mass is 35.5. The van der Waals surface area contributed by atoms with Crippen LogP contribution in [-0.4, -0.2) is 39.2 Å². The number of hydrogen-bond acceptors (Lipinski definition) is 6. The summed E-state index contributed by atoms with van der Waals surface area (Å²) in [6, 6.07) is 1.82. The summed E-state index contributed by atoms with van der Waals surface area (Å²) in [5.74, 6) is -0.569. The first kappa shape index (κ1) is 15.0. The molecule has 0 atom stereocenters. The van der Waals surface area contributed by atoms with Crippen LogP contribution in [0.5, 0.6) is 0 Å². The summed E-state index contributed by atoms with van der Waals surface area (Å²) in [7, 11) is 1.24. The molecule has 0 aliphatic heterocycles. The number of nitrogens with one attached hydrogen (secondary N) is 1. The summed E-state index contributed by atoms with van der Waals surface area (Å²) in [6.07, 6.45) is 4.91. The third kappa shape index (κ3) is 3.82. The maximum Gasteiger partial charge on any atom is 0.327 e. The van der Waals surface area contributed by atoms with E-state index < -0.39 is 11.5 Å². The lowest BCUT2D eigenvalue weighted by Gasteiger charge is -2.09. The van der Waals surface area contributed by atoms with Crippen molar-refractivity contribution in [2.24, 2.45) is 0 Å². The SMILES string of the molecule is COC(=O)Cn1ncc(NCCn2cccn2)c(Cl)c1=O. The van der Waals surface area contributed by atoms with E-state index in [1.165, 1.54) is 13.3 Å². The fraction of sp³-hybridized carbons (Fsp3) is 0.333. The summed E-state index contributed by atoms with van der Waals surface area (Å²) < 4.78 is 7.17. The molecule has 2 heterocycles. The molecule has 112 valence electrons. The summed E-state index contributed by atoms with van der Waals surface area (Å²) in [5.41, 5.74) is -0.138. The van der Waals surface area contributed by atoms with E-state index in [0.29, 0.717) is 18.8 Å². The quantitative estimate of drug-likeness (QED) is 0.775. The number of methoxy groups -OCH3 is 1. The molecule has 8 nitrogen and oxygen atoms in total. The molecule has 1 N–H and O–H groups in total. The van der Waals surface area contributed by atoms with Crippen molar-refractivity contribution in [1.29, 1.82) is 0 Å². The van der Waals surface area contributed by atoms with Crippen molar-refractivity contribution < 1.29 is 9.53 Å². The number of carbonyl (C=O) groups excluding carboxylic acids is 1. The van der Waals surface area contributed by atoms with Gasteiger partial charge >= 0.3 is 5.97 Å². The minimum Gasteiger partial charge on any atom is -0.468 e. The Bertz CT molecular complexity index is 668. The van der Waals surface area contributed by atoms with E-state index >= 15 is 0 Å². The molecule has 0 saturated carbocycles. The largest absolute Gasteiger partial charge is 0.468 e. The van der Waals surface area contributed by atoms with E-state index in [9.17, 15) is 9.59 Å². The van der Waals surface area contributed by atoms with Gasteiger partial charge in [-0.05, 0) is 6.07 Å². The van der Waals surface area contributed by atoms with Crippen molar-refractivity contribution in [2.45, 2.75) is 13.1 Å². The monoisotopic (exact) mass is 311 g/mol. The smallest absolute Gasteiger partial charge is 0.327 e. The van der Waals surface area contributed by atoms with Gasteiger partial charge in [0.25, 0.3) is 5.56 Å². The Labute approximate surface area is 125 Å². The summed E-state index contributed by atoms with van der Waals surface area (Å²) in [4.78, 5) is 23.1. The third-order valence-corrected chi connectivity index (χ3v) is 3.07. The second kappa shape index (κ2) is 6.89. The molecule has 21 heavy (non-hydrogen) atoms. The summed E-state index contributed by atoms with van der Waals surface area (Å²) in [5, 5.41) is 10.9. The maximum atomic E-state index is 11.9. The van der Waals surface area contributed by atoms with Crippen molar-refractivity contribution in [3.05, 3.63) is 40.0 Å². The Morgan fingerprint density at radius 3 is 2.95 bits per heavy atom. The van der Waals surface area contributed by atoms with Crippen molar-refractivity contribution in [3.8, 4) is 0 Å². The molecular formula is C12H14ClN5O3. The fourth-order valence-corrected chi connectivity index (χ4v) is 1.84. The molecule has 0 aromatic carbocycles. The molecule has 0 radical (unpaired) electrons. The second-order valence-electron chi connectivity index (χ2n) is 4.11. The Hall–Kier alpha value is -2.35. The molecule has 0 bridgehead atoms. The molecule has 2 aromatic heterocycles. The normalized spacial score (nSPS) is 10.4. The Morgan fingerprint density at radius 1 is 1.48 bits per heavy atom. The highest BCUT2D eigenvalue weighted by Crippen LogP contribution is 2.14. The molecule has 0 unspecified atom stereocenters. The van der Waals surface area contributed by atoms with Crippen LogP contribution in [0.1, 0.15) is 0 Å². The first-order valence-electron chi connectivity index (χ1n) is 6.15. The van der Waals surface area contributed by atoms with E-state index in [0.717, 1.165) is 4.68 Å². The van der Waals surface area contributed by atoms with Gasteiger partial charge in [-0.2, -0.15) is 10.2 Å². The van der Waals surface area contributed by atoms with E-state index in [1.807, 2.05) is 12.3 Å². The van der Waals surface area contributed by atoms with Gasteiger partial charge in [0, 0.05) is 18.9 Å². The number of aromatic nitrogens is 4. The predicted octanol–water partition coefficient (Wildman–Crippen LogP) is 0.378. The summed E-state index contributed by atoms with van der Waals surface area (Å²) in [6.45, 7) is 0.876. The van der Waals surface area contributed by atoms with Crippen molar-refractivity contribution in [3.63, 3.8) is 0 Å². The molecule has 0 aliphatic carbocycles. The molecule has 0 saturated heterocycles. The van der Waals surface area contributed by atoms with Gasteiger partial charge in [-0.3, -0.25) is 14.3 Å². The van der Waals surface area contributed by atoms with Gasteiger partial charge < -0.3 is 10.1 Å². The first-order chi connectivity index (χ1) is 10.1. The van der Waals surface area contributed by atoms with E-state index in [1.54, 1.807) is 10.9 Å². The van der Waals surface area contributed by atoms with Crippen LogP contribution in [0.3, 0.4) is 0 Å². The lowest BCUT2D eigenvalue weighted by atomic mass is 10.4. The topological polar surface area (TPSA) is 91.0 Å². The van der Waals surface area contributed by atoms with Gasteiger partial charge in [-0.15, -0.1) is 0 Å². The van der Waals surface area contributed by atoms with Crippen LogP contribution in [0, 0.1) is 0 Å². The average molecular weight is 312 g/mol. The molecule has 0 fully saturated rings. The van der Waals surface area contributed by atoms with E-state index in [2.05, 4.69) is 20.3 Å². The Balaban J connectivity index is 2.02. The average Bonchev–Trinajstić information content (AvgIpc) is 2.99. The van der Waals surface area contributed by atoms with Crippen LogP contribution in [-0.2, 0) is 22.6 Å². The van der Waals surface area contributed by atoms with Crippen LogP contribution in [0.25, 0.3) is 0 Å².